The summed E-state index contributed by atoms with van der Waals surface area (Å²) in [7, 11) is 0. The van der Waals surface area contributed by atoms with Gasteiger partial charge < -0.3 is 5.11 Å². The molecule has 4 nitrogen and oxygen atoms in total. The SMILES string of the molecule is O=C(CSc1ccc(O)cc1)NC(=O)c1ccccc1Br. The standard InChI is InChI=1S/C15H12BrNO3S/c16-13-4-2-1-3-12(13)15(20)17-14(19)9-21-11-7-5-10(18)6-8-11/h1-8,18H,9H2,(H,17,19,20). The number of nitrogens with one attached hydrogen (secondary N) is 1. The van der Waals surface area contributed by atoms with Crippen molar-refractivity contribution >= 4 is 39.5 Å². The van der Waals surface area contributed by atoms with Crippen molar-refractivity contribution in [3.63, 3.8) is 0 Å². The zero-order valence-electron chi connectivity index (χ0n) is 10.9. The van der Waals surface area contributed by atoms with Gasteiger partial charge in [0.05, 0.1) is 11.3 Å². The lowest BCUT2D eigenvalue weighted by molar-refractivity contribution is -0.117. The molecule has 0 aliphatic carbocycles. The first-order chi connectivity index (χ1) is 10.1. The Morgan fingerprint density at radius 1 is 1.10 bits per heavy atom. The molecule has 2 rings (SSSR count). The fraction of sp³-hybridized carbons (Fsp3) is 0.0667. The normalized spacial score (nSPS) is 10.1. The van der Waals surface area contributed by atoms with Gasteiger partial charge >= 0.3 is 0 Å². The van der Waals surface area contributed by atoms with Crippen LogP contribution in [0.2, 0.25) is 0 Å². The Bertz CT molecular complexity index is 658. The van der Waals surface area contributed by atoms with Crippen LogP contribution < -0.4 is 5.32 Å². The summed E-state index contributed by atoms with van der Waals surface area (Å²) in [5.74, 6) is -0.499. The van der Waals surface area contributed by atoms with Gasteiger partial charge in [0.1, 0.15) is 5.75 Å². The lowest BCUT2D eigenvalue weighted by Gasteiger charge is -2.06. The lowest BCUT2D eigenvalue weighted by Crippen LogP contribution is -2.32. The molecule has 2 amide bonds. The largest absolute Gasteiger partial charge is 0.508 e. The van der Waals surface area contributed by atoms with Crippen LogP contribution in [0.1, 0.15) is 10.4 Å². The third kappa shape index (κ3) is 4.61. The number of hydrogen-bond donors (Lipinski definition) is 2. The van der Waals surface area contributed by atoms with Gasteiger partial charge in [-0.3, -0.25) is 14.9 Å². The highest BCUT2D eigenvalue weighted by molar-refractivity contribution is 9.10. The third-order valence-corrected chi connectivity index (χ3v) is 4.28. The molecule has 0 unspecified atom stereocenters. The lowest BCUT2D eigenvalue weighted by atomic mass is 10.2. The molecule has 2 N–H and O–H groups in total. The van der Waals surface area contributed by atoms with E-state index in [1.165, 1.54) is 11.8 Å². The number of rotatable bonds is 4. The summed E-state index contributed by atoms with van der Waals surface area (Å²) >= 11 is 4.56. The van der Waals surface area contributed by atoms with Crippen LogP contribution in [-0.2, 0) is 4.79 Å². The van der Waals surface area contributed by atoms with Crippen molar-refractivity contribution in [2.24, 2.45) is 0 Å². The van der Waals surface area contributed by atoms with Crippen LogP contribution in [0.5, 0.6) is 5.75 Å². The van der Waals surface area contributed by atoms with Crippen molar-refractivity contribution in [2.75, 3.05) is 5.75 Å². The van der Waals surface area contributed by atoms with E-state index >= 15 is 0 Å². The van der Waals surface area contributed by atoms with Crippen molar-refractivity contribution < 1.29 is 14.7 Å². The molecule has 21 heavy (non-hydrogen) atoms. The molecule has 2 aromatic carbocycles. The quantitative estimate of drug-likeness (QED) is 0.816. The van der Waals surface area contributed by atoms with Gasteiger partial charge in [0.15, 0.2) is 0 Å². The predicted octanol–water partition coefficient (Wildman–Crippen LogP) is 3.20. The monoisotopic (exact) mass is 365 g/mol. The Morgan fingerprint density at radius 2 is 1.76 bits per heavy atom. The number of halogens is 1. The van der Waals surface area contributed by atoms with Crippen molar-refractivity contribution in [3.8, 4) is 5.75 Å². The molecule has 0 aliphatic rings. The first-order valence-corrected chi connectivity index (χ1v) is 7.84. The van der Waals surface area contributed by atoms with Gasteiger partial charge in [-0.25, -0.2) is 0 Å². The van der Waals surface area contributed by atoms with Crippen LogP contribution in [0.3, 0.4) is 0 Å². The second-order valence-electron chi connectivity index (χ2n) is 4.14. The second kappa shape index (κ2) is 7.28. The summed E-state index contributed by atoms with van der Waals surface area (Å²) in [6.07, 6.45) is 0. The number of phenols is 1. The van der Waals surface area contributed by atoms with E-state index in [4.69, 9.17) is 5.11 Å². The smallest absolute Gasteiger partial charge is 0.259 e. The zero-order valence-corrected chi connectivity index (χ0v) is 13.3. The van der Waals surface area contributed by atoms with Crippen LogP contribution >= 0.6 is 27.7 Å². The summed E-state index contributed by atoms with van der Waals surface area (Å²) < 4.78 is 0.640. The number of benzene rings is 2. The highest BCUT2D eigenvalue weighted by Gasteiger charge is 2.12. The Labute approximate surface area is 134 Å². The van der Waals surface area contributed by atoms with Crippen LogP contribution in [0, 0.1) is 0 Å². The van der Waals surface area contributed by atoms with E-state index in [0.717, 1.165) is 4.90 Å². The van der Waals surface area contributed by atoms with Gasteiger partial charge in [-0.15, -0.1) is 11.8 Å². The van der Waals surface area contributed by atoms with Crippen LogP contribution in [0.4, 0.5) is 0 Å². The van der Waals surface area contributed by atoms with E-state index in [9.17, 15) is 9.59 Å². The van der Waals surface area contributed by atoms with Gasteiger partial charge in [-0.2, -0.15) is 0 Å². The number of carbonyl (C=O) groups is 2. The van der Waals surface area contributed by atoms with Crippen molar-refractivity contribution in [1.82, 2.24) is 5.32 Å². The topological polar surface area (TPSA) is 66.4 Å². The van der Waals surface area contributed by atoms with Gasteiger partial charge in [-0.05, 0) is 52.3 Å². The first-order valence-electron chi connectivity index (χ1n) is 6.07. The summed E-state index contributed by atoms with van der Waals surface area (Å²) in [6.45, 7) is 0. The molecule has 0 aromatic heterocycles. The minimum absolute atomic E-state index is 0.126. The number of aromatic hydroxyl groups is 1. The summed E-state index contributed by atoms with van der Waals surface area (Å²) in [5, 5.41) is 11.5. The minimum Gasteiger partial charge on any atom is -0.508 e. The number of amides is 2. The number of hydrogen-bond acceptors (Lipinski definition) is 4. The molecule has 0 spiro atoms. The fourth-order valence-electron chi connectivity index (χ4n) is 1.57. The van der Waals surface area contributed by atoms with Crippen molar-refractivity contribution in [1.29, 1.82) is 0 Å². The number of thioether (sulfide) groups is 1. The number of phenolic OH excluding ortho intramolecular Hbond substituents is 1. The van der Waals surface area contributed by atoms with E-state index < -0.39 is 5.91 Å². The van der Waals surface area contributed by atoms with E-state index in [-0.39, 0.29) is 17.4 Å². The molecule has 108 valence electrons. The highest BCUT2D eigenvalue weighted by atomic mass is 79.9. The fourth-order valence-corrected chi connectivity index (χ4v) is 2.73. The zero-order chi connectivity index (χ0) is 15.2. The molecular weight excluding hydrogens is 354 g/mol. The molecule has 0 saturated heterocycles. The molecule has 0 atom stereocenters. The van der Waals surface area contributed by atoms with Crippen molar-refractivity contribution in [2.45, 2.75) is 4.90 Å². The molecule has 0 radical (unpaired) electrons. The van der Waals surface area contributed by atoms with E-state index in [0.29, 0.717) is 10.0 Å². The Hall–Kier alpha value is -1.79. The van der Waals surface area contributed by atoms with Gasteiger partial charge in [0.25, 0.3) is 5.91 Å². The van der Waals surface area contributed by atoms with Crippen LogP contribution in [0.25, 0.3) is 0 Å². The maximum absolute atomic E-state index is 11.9. The van der Waals surface area contributed by atoms with Crippen LogP contribution in [0.15, 0.2) is 57.9 Å². The summed E-state index contributed by atoms with van der Waals surface area (Å²) in [4.78, 5) is 24.5. The van der Waals surface area contributed by atoms with Crippen LogP contribution in [-0.4, -0.2) is 22.7 Å². The maximum atomic E-state index is 11.9. The summed E-state index contributed by atoms with van der Waals surface area (Å²) in [5.41, 5.74) is 0.417. The Balaban J connectivity index is 1.89. The molecule has 0 fully saturated rings. The van der Waals surface area contributed by atoms with E-state index in [1.807, 2.05) is 0 Å². The number of carbonyl (C=O) groups excluding carboxylic acids is 2. The maximum Gasteiger partial charge on any atom is 0.259 e. The van der Waals surface area contributed by atoms with Gasteiger partial charge in [0, 0.05) is 9.37 Å². The summed E-state index contributed by atoms with van der Waals surface area (Å²) in [6, 6.07) is 13.4. The van der Waals surface area contributed by atoms with Gasteiger partial charge in [0.2, 0.25) is 5.91 Å². The molecule has 0 aliphatic heterocycles. The Morgan fingerprint density at radius 3 is 2.43 bits per heavy atom. The van der Waals surface area contributed by atoms with E-state index in [1.54, 1.807) is 48.5 Å². The molecular formula is C15H12BrNO3S. The highest BCUT2D eigenvalue weighted by Crippen LogP contribution is 2.20. The molecule has 0 bridgehead atoms. The first kappa shape index (κ1) is 15.6. The molecule has 2 aromatic rings. The average Bonchev–Trinajstić information content (AvgIpc) is 2.47. The Kier molecular flexibility index (Phi) is 5.41. The number of imide groups is 1. The second-order valence-corrected chi connectivity index (χ2v) is 6.04. The van der Waals surface area contributed by atoms with Gasteiger partial charge in [-0.1, -0.05) is 12.1 Å². The van der Waals surface area contributed by atoms with Crippen molar-refractivity contribution in [3.05, 3.63) is 58.6 Å². The molecule has 6 heteroatoms. The minimum atomic E-state index is -0.432. The molecule has 0 heterocycles. The molecule has 0 saturated carbocycles. The van der Waals surface area contributed by atoms with E-state index in [2.05, 4.69) is 21.2 Å². The third-order valence-electron chi connectivity index (χ3n) is 2.58. The average molecular weight is 366 g/mol. The predicted molar refractivity (Wildman–Crippen MR) is 85.4 cm³/mol.